The van der Waals surface area contributed by atoms with Gasteiger partial charge in [-0.3, -0.25) is 14.5 Å². The van der Waals surface area contributed by atoms with Crippen LogP contribution in [0.3, 0.4) is 0 Å². The minimum Gasteiger partial charge on any atom is -0.467 e. The summed E-state index contributed by atoms with van der Waals surface area (Å²) in [5.41, 5.74) is 0.486. The fourth-order valence-corrected chi connectivity index (χ4v) is 4.56. The van der Waals surface area contributed by atoms with Crippen LogP contribution in [0.15, 0.2) is 63.6 Å². The number of carbonyl (C=O) groups excluding carboxylic acids is 2. The molecule has 0 spiro atoms. The molecule has 0 bridgehead atoms. The molecule has 35 heavy (non-hydrogen) atoms. The van der Waals surface area contributed by atoms with Gasteiger partial charge in [-0.1, -0.05) is 19.3 Å². The predicted octanol–water partition coefficient (Wildman–Crippen LogP) is 5.15. The average molecular weight is 477 g/mol. The van der Waals surface area contributed by atoms with Crippen molar-refractivity contribution in [1.29, 1.82) is 0 Å². The molecule has 182 valence electrons. The second kappa shape index (κ2) is 10.1. The first-order valence-corrected chi connectivity index (χ1v) is 11.9. The molecular weight excluding hydrogens is 448 g/mol. The molecule has 0 saturated heterocycles. The maximum atomic E-state index is 13.7. The van der Waals surface area contributed by atoms with Crippen LogP contribution in [0.2, 0.25) is 0 Å². The van der Waals surface area contributed by atoms with Crippen LogP contribution >= 0.6 is 0 Å². The number of hydrogen-bond acceptors (Lipinski definition) is 6. The number of ether oxygens (including phenoxy) is 2. The number of fused-ring (bicyclic) bond motifs is 1. The molecule has 3 heterocycles. The summed E-state index contributed by atoms with van der Waals surface area (Å²) in [6, 6.07) is 11.3. The molecule has 5 rings (SSSR count). The lowest BCUT2D eigenvalue weighted by molar-refractivity contribution is -0.126. The molecular formula is C27H28N2O6. The van der Waals surface area contributed by atoms with E-state index in [1.54, 1.807) is 42.5 Å². The summed E-state index contributed by atoms with van der Waals surface area (Å²) in [5.74, 6) is 2.05. The van der Waals surface area contributed by atoms with Gasteiger partial charge in [0.15, 0.2) is 17.5 Å². The second-order valence-electron chi connectivity index (χ2n) is 8.79. The summed E-state index contributed by atoms with van der Waals surface area (Å²) in [6.45, 7) is 1.94. The molecule has 0 radical (unpaired) electrons. The van der Waals surface area contributed by atoms with Crippen LogP contribution in [-0.2, 0) is 9.59 Å². The van der Waals surface area contributed by atoms with Crippen LogP contribution in [-0.4, -0.2) is 24.6 Å². The number of hydrogen-bond donors (Lipinski definition) is 1. The molecule has 1 atom stereocenters. The van der Waals surface area contributed by atoms with E-state index in [1.165, 1.54) is 23.7 Å². The topological polar surface area (TPSA) is 94.2 Å². The van der Waals surface area contributed by atoms with Gasteiger partial charge in [0, 0.05) is 23.9 Å². The van der Waals surface area contributed by atoms with Crippen LogP contribution in [0.5, 0.6) is 11.5 Å². The summed E-state index contributed by atoms with van der Waals surface area (Å²) in [6.07, 6.45) is 9.66. The number of furan rings is 2. The fraction of sp³-hybridized carbons (Fsp3) is 0.333. The van der Waals surface area contributed by atoms with E-state index in [0.29, 0.717) is 28.7 Å². The maximum Gasteiger partial charge on any atom is 0.252 e. The monoisotopic (exact) mass is 476 g/mol. The molecule has 2 aliphatic rings. The van der Waals surface area contributed by atoms with E-state index in [-0.39, 0.29) is 18.7 Å². The highest BCUT2D eigenvalue weighted by Crippen LogP contribution is 2.38. The van der Waals surface area contributed by atoms with Gasteiger partial charge in [-0.2, -0.15) is 0 Å². The van der Waals surface area contributed by atoms with Crippen molar-refractivity contribution < 1.29 is 27.9 Å². The van der Waals surface area contributed by atoms with E-state index in [4.69, 9.17) is 18.3 Å². The molecule has 1 aromatic carbocycles. The standard InChI is InChI=1S/C27H28N2O6/c1-18-9-11-21(35-18)12-14-25(30)29(20-10-13-22-24(16-20)34-17-33-22)26(23-8-5-15-32-23)27(31)28-19-6-3-2-4-7-19/h5,8-16,19,26H,2-4,6-7,17H2,1H3,(H,28,31)/b14-12+/t26-/m0/s1. The van der Waals surface area contributed by atoms with E-state index in [9.17, 15) is 9.59 Å². The van der Waals surface area contributed by atoms with Gasteiger partial charge in [0.05, 0.1) is 6.26 Å². The first-order valence-electron chi connectivity index (χ1n) is 11.9. The van der Waals surface area contributed by atoms with Gasteiger partial charge < -0.3 is 23.6 Å². The Hall–Kier alpha value is -3.94. The van der Waals surface area contributed by atoms with Crippen LogP contribution in [0.4, 0.5) is 5.69 Å². The van der Waals surface area contributed by atoms with Gasteiger partial charge in [-0.15, -0.1) is 0 Å². The lowest BCUT2D eigenvalue weighted by Crippen LogP contribution is -2.46. The number of amides is 2. The van der Waals surface area contributed by atoms with Crippen molar-refractivity contribution in [2.24, 2.45) is 0 Å². The smallest absolute Gasteiger partial charge is 0.252 e. The van der Waals surface area contributed by atoms with Crippen LogP contribution in [0.25, 0.3) is 6.08 Å². The SMILES string of the molecule is Cc1ccc(/C=C/C(=O)N(c2ccc3c(c2)OCO3)[C@H](C(=O)NC2CCCCC2)c2ccco2)o1. The van der Waals surface area contributed by atoms with Crippen molar-refractivity contribution in [3.05, 3.63) is 72.1 Å². The fourth-order valence-electron chi connectivity index (χ4n) is 4.56. The molecule has 3 aromatic rings. The molecule has 1 aliphatic carbocycles. The van der Waals surface area contributed by atoms with Crippen molar-refractivity contribution in [3.63, 3.8) is 0 Å². The number of benzene rings is 1. The summed E-state index contributed by atoms with van der Waals surface area (Å²) in [5, 5.41) is 3.15. The number of rotatable bonds is 7. The molecule has 2 amide bonds. The van der Waals surface area contributed by atoms with E-state index >= 15 is 0 Å². The Kier molecular flexibility index (Phi) is 6.61. The largest absolute Gasteiger partial charge is 0.467 e. The Balaban J connectivity index is 1.52. The first kappa shape index (κ1) is 22.8. The van der Waals surface area contributed by atoms with Crippen molar-refractivity contribution in [3.8, 4) is 11.5 Å². The Morgan fingerprint density at radius 2 is 1.89 bits per heavy atom. The van der Waals surface area contributed by atoms with Gasteiger partial charge in [0.1, 0.15) is 17.3 Å². The molecule has 8 nitrogen and oxygen atoms in total. The molecule has 1 saturated carbocycles. The lowest BCUT2D eigenvalue weighted by Gasteiger charge is -2.31. The molecule has 0 unspecified atom stereocenters. The van der Waals surface area contributed by atoms with E-state index < -0.39 is 11.9 Å². The zero-order chi connectivity index (χ0) is 24.2. The number of aryl methyl sites for hydroxylation is 1. The van der Waals surface area contributed by atoms with Gasteiger partial charge in [-0.05, 0) is 62.2 Å². The number of nitrogens with one attached hydrogen (secondary N) is 1. The summed E-state index contributed by atoms with van der Waals surface area (Å²) in [7, 11) is 0. The van der Waals surface area contributed by atoms with Crippen molar-refractivity contribution >= 4 is 23.6 Å². The zero-order valence-electron chi connectivity index (χ0n) is 19.6. The number of anilines is 1. The van der Waals surface area contributed by atoms with E-state index in [0.717, 1.165) is 31.4 Å². The normalized spacial score (nSPS) is 16.4. The van der Waals surface area contributed by atoms with Gasteiger partial charge in [0.25, 0.3) is 11.8 Å². The number of carbonyl (C=O) groups is 2. The van der Waals surface area contributed by atoms with Crippen molar-refractivity contribution in [1.82, 2.24) is 5.32 Å². The van der Waals surface area contributed by atoms with Crippen LogP contribution in [0.1, 0.15) is 55.4 Å². The van der Waals surface area contributed by atoms with E-state index in [2.05, 4.69) is 5.32 Å². The lowest BCUT2D eigenvalue weighted by atomic mass is 9.95. The molecule has 2 aromatic heterocycles. The maximum absolute atomic E-state index is 13.7. The summed E-state index contributed by atoms with van der Waals surface area (Å²) >= 11 is 0. The van der Waals surface area contributed by atoms with Gasteiger partial charge in [0.2, 0.25) is 6.79 Å². The zero-order valence-corrected chi connectivity index (χ0v) is 19.6. The quantitative estimate of drug-likeness (QED) is 0.474. The molecule has 1 fully saturated rings. The Morgan fingerprint density at radius 3 is 2.63 bits per heavy atom. The summed E-state index contributed by atoms with van der Waals surface area (Å²) < 4.78 is 22.2. The molecule has 1 aliphatic heterocycles. The minimum atomic E-state index is -1.01. The minimum absolute atomic E-state index is 0.0732. The van der Waals surface area contributed by atoms with Crippen molar-refractivity contribution in [2.75, 3.05) is 11.7 Å². The Labute approximate surface area is 203 Å². The third kappa shape index (κ3) is 5.11. The molecule has 1 N–H and O–H groups in total. The van der Waals surface area contributed by atoms with Crippen molar-refractivity contribution in [2.45, 2.75) is 51.1 Å². The van der Waals surface area contributed by atoms with E-state index in [1.807, 2.05) is 13.0 Å². The van der Waals surface area contributed by atoms with Gasteiger partial charge in [-0.25, -0.2) is 0 Å². The van der Waals surface area contributed by atoms with Crippen LogP contribution < -0.4 is 19.7 Å². The number of nitrogens with zero attached hydrogens (tertiary/aromatic N) is 1. The van der Waals surface area contributed by atoms with Crippen LogP contribution in [0, 0.1) is 6.92 Å². The highest BCUT2D eigenvalue weighted by atomic mass is 16.7. The summed E-state index contributed by atoms with van der Waals surface area (Å²) in [4.78, 5) is 28.8. The first-order chi connectivity index (χ1) is 17.1. The third-order valence-corrected chi connectivity index (χ3v) is 6.29. The highest BCUT2D eigenvalue weighted by molar-refractivity contribution is 6.08. The van der Waals surface area contributed by atoms with Gasteiger partial charge >= 0.3 is 0 Å². The molecule has 8 heteroatoms. The average Bonchev–Trinajstić information content (AvgIpc) is 3.63. The Morgan fingerprint density at radius 1 is 1.06 bits per heavy atom. The second-order valence-corrected chi connectivity index (χ2v) is 8.79. The Bertz CT molecular complexity index is 1210. The highest BCUT2D eigenvalue weighted by Gasteiger charge is 2.36. The predicted molar refractivity (Wildman–Crippen MR) is 129 cm³/mol. The third-order valence-electron chi connectivity index (χ3n) is 6.29.